The number of carbonyl (C=O) groups is 2. The number of benzene rings is 1. The van der Waals surface area contributed by atoms with Gasteiger partial charge in [-0.1, -0.05) is 6.07 Å². The predicted molar refractivity (Wildman–Crippen MR) is 106 cm³/mol. The molecule has 2 amide bonds. The molecule has 0 aliphatic carbocycles. The van der Waals surface area contributed by atoms with E-state index in [-0.39, 0.29) is 17.9 Å². The zero-order valence-corrected chi connectivity index (χ0v) is 16.1. The lowest BCUT2D eigenvalue weighted by Crippen LogP contribution is -2.46. The largest absolute Gasteiger partial charge is 0.349 e. The summed E-state index contributed by atoms with van der Waals surface area (Å²) in [6, 6.07) is 8.08. The van der Waals surface area contributed by atoms with Crippen molar-refractivity contribution < 1.29 is 9.59 Å². The maximum absolute atomic E-state index is 12.3. The number of nitrogens with zero attached hydrogens (tertiary/aromatic N) is 1. The van der Waals surface area contributed by atoms with Crippen LogP contribution >= 0.6 is 11.3 Å². The number of anilines is 1. The number of aryl methyl sites for hydroxylation is 2. The predicted octanol–water partition coefficient (Wildman–Crippen LogP) is 3.20. The van der Waals surface area contributed by atoms with Crippen LogP contribution in [-0.2, 0) is 4.79 Å². The van der Waals surface area contributed by atoms with Crippen molar-refractivity contribution in [2.75, 3.05) is 25.0 Å². The number of nitrogens with one attached hydrogen (secondary N) is 2. The van der Waals surface area contributed by atoms with Gasteiger partial charge in [-0.2, -0.15) is 11.3 Å². The van der Waals surface area contributed by atoms with Crippen LogP contribution in [0, 0.1) is 13.8 Å². The number of likely N-dealkylation sites (tertiary alicyclic amines) is 1. The summed E-state index contributed by atoms with van der Waals surface area (Å²) >= 11 is 1.53. The van der Waals surface area contributed by atoms with E-state index >= 15 is 0 Å². The Morgan fingerprint density at radius 3 is 2.46 bits per heavy atom. The molecule has 0 radical (unpaired) electrons. The molecule has 1 aliphatic rings. The van der Waals surface area contributed by atoms with Gasteiger partial charge in [0.05, 0.1) is 6.54 Å². The summed E-state index contributed by atoms with van der Waals surface area (Å²) in [7, 11) is 0. The van der Waals surface area contributed by atoms with E-state index in [1.807, 2.05) is 42.8 Å². The first-order chi connectivity index (χ1) is 12.5. The number of thiophene rings is 1. The number of piperidine rings is 1. The average Bonchev–Trinajstić information content (AvgIpc) is 3.10. The second-order valence-corrected chi connectivity index (χ2v) is 7.74. The number of rotatable bonds is 5. The molecule has 2 N–H and O–H groups in total. The lowest BCUT2D eigenvalue weighted by molar-refractivity contribution is -0.117. The fourth-order valence-electron chi connectivity index (χ4n) is 3.35. The SMILES string of the molecule is Cc1cc(C)cc(NC(=O)CN2CCC(NC(=O)c3ccsc3)CC2)c1. The van der Waals surface area contributed by atoms with Crippen LogP contribution in [0.2, 0.25) is 0 Å². The minimum absolute atomic E-state index is 0.00254. The molecule has 1 aliphatic heterocycles. The molecule has 2 aromatic rings. The van der Waals surface area contributed by atoms with E-state index in [1.54, 1.807) is 0 Å². The van der Waals surface area contributed by atoms with E-state index in [4.69, 9.17) is 0 Å². The molecule has 0 saturated carbocycles. The maximum Gasteiger partial charge on any atom is 0.252 e. The number of hydrogen-bond acceptors (Lipinski definition) is 4. The van der Waals surface area contributed by atoms with Crippen LogP contribution < -0.4 is 10.6 Å². The van der Waals surface area contributed by atoms with E-state index in [1.165, 1.54) is 11.3 Å². The van der Waals surface area contributed by atoms with Crippen molar-refractivity contribution >= 4 is 28.8 Å². The van der Waals surface area contributed by atoms with Gasteiger partial charge in [-0.05, 0) is 61.4 Å². The molecule has 0 spiro atoms. The lowest BCUT2D eigenvalue weighted by atomic mass is 10.0. The van der Waals surface area contributed by atoms with Crippen LogP contribution in [0.15, 0.2) is 35.0 Å². The molecule has 0 atom stereocenters. The summed E-state index contributed by atoms with van der Waals surface area (Å²) in [4.78, 5) is 26.6. The molecule has 0 unspecified atom stereocenters. The van der Waals surface area contributed by atoms with Gasteiger partial charge in [0, 0.05) is 35.8 Å². The molecule has 0 bridgehead atoms. The first-order valence-corrected chi connectivity index (χ1v) is 9.87. The van der Waals surface area contributed by atoms with Gasteiger partial charge in [0.15, 0.2) is 0 Å². The zero-order valence-electron chi connectivity index (χ0n) is 15.2. The molecule has 1 saturated heterocycles. The van der Waals surface area contributed by atoms with Crippen molar-refractivity contribution in [3.05, 3.63) is 51.7 Å². The summed E-state index contributed by atoms with van der Waals surface area (Å²) in [6.45, 7) is 6.07. The molecule has 5 nitrogen and oxygen atoms in total. The van der Waals surface area contributed by atoms with Crippen LogP contribution in [0.1, 0.15) is 34.3 Å². The van der Waals surface area contributed by atoms with E-state index in [9.17, 15) is 9.59 Å². The van der Waals surface area contributed by atoms with Crippen LogP contribution in [-0.4, -0.2) is 42.4 Å². The van der Waals surface area contributed by atoms with Gasteiger partial charge in [0.2, 0.25) is 5.91 Å². The van der Waals surface area contributed by atoms with Crippen molar-refractivity contribution in [3.63, 3.8) is 0 Å². The molecular weight excluding hydrogens is 346 g/mol. The Morgan fingerprint density at radius 2 is 1.85 bits per heavy atom. The molecule has 1 aromatic heterocycles. The fraction of sp³-hybridized carbons (Fsp3) is 0.400. The summed E-state index contributed by atoms with van der Waals surface area (Å²) in [5.74, 6) is 0.00743. The van der Waals surface area contributed by atoms with Gasteiger partial charge in [-0.25, -0.2) is 0 Å². The van der Waals surface area contributed by atoms with Crippen LogP contribution in [0.3, 0.4) is 0 Å². The number of amides is 2. The molecule has 6 heteroatoms. The van der Waals surface area contributed by atoms with E-state index < -0.39 is 0 Å². The highest BCUT2D eigenvalue weighted by molar-refractivity contribution is 7.08. The highest BCUT2D eigenvalue weighted by atomic mass is 32.1. The van der Waals surface area contributed by atoms with Crippen molar-refractivity contribution in [1.29, 1.82) is 0 Å². The normalized spacial score (nSPS) is 15.6. The Morgan fingerprint density at radius 1 is 1.15 bits per heavy atom. The zero-order chi connectivity index (χ0) is 18.5. The van der Waals surface area contributed by atoms with Gasteiger partial charge in [0.1, 0.15) is 0 Å². The topological polar surface area (TPSA) is 61.4 Å². The standard InChI is InChI=1S/C20H25N3O2S/c1-14-9-15(2)11-18(10-14)21-19(24)12-23-6-3-17(4-7-23)22-20(25)16-5-8-26-13-16/h5,8-11,13,17H,3-4,6-7,12H2,1-2H3,(H,21,24)(H,22,25). The minimum Gasteiger partial charge on any atom is -0.349 e. The molecule has 26 heavy (non-hydrogen) atoms. The Labute approximate surface area is 158 Å². The number of carbonyl (C=O) groups excluding carboxylic acids is 2. The Kier molecular flexibility index (Phi) is 6.06. The highest BCUT2D eigenvalue weighted by Crippen LogP contribution is 2.15. The molecule has 1 aromatic carbocycles. The van der Waals surface area contributed by atoms with E-state index in [0.29, 0.717) is 6.54 Å². The average molecular weight is 372 g/mol. The van der Waals surface area contributed by atoms with Crippen molar-refractivity contribution in [2.45, 2.75) is 32.7 Å². The van der Waals surface area contributed by atoms with Crippen LogP contribution in [0.5, 0.6) is 0 Å². The summed E-state index contributed by atoms with van der Waals surface area (Å²) in [6.07, 6.45) is 1.74. The van der Waals surface area contributed by atoms with Gasteiger partial charge >= 0.3 is 0 Å². The molecule has 138 valence electrons. The Bertz CT molecular complexity index is 745. The van der Waals surface area contributed by atoms with Gasteiger partial charge < -0.3 is 10.6 Å². The molecular formula is C20H25N3O2S. The maximum atomic E-state index is 12.3. The third-order valence-electron chi connectivity index (χ3n) is 4.58. The molecule has 1 fully saturated rings. The molecule has 3 rings (SSSR count). The smallest absolute Gasteiger partial charge is 0.252 e. The Balaban J connectivity index is 1.43. The third kappa shape index (κ3) is 5.16. The second-order valence-electron chi connectivity index (χ2n) is 6.96. The number of hydrogen-bond donors (Lipinski definition) is 2. The highest BCUT2D eigenvalue weighted by Gasteiger charge is 2.22. The minimum atomic E-state index is -0.00254. The summed E-state index contributed by atoms with van der Waals surface area (Å²) in [5.41, 5.74) is 3.86. The van der Waals surface area contributed by atoms with E-state index in [0.717, 1.165) is 48.3 Å². The van der Waals surface area contributed by atoms with Crippen LogP contribution in [0.25, 0.3) is 0 Å². The first-order valence-electron chi connectivity index (χ1n) is 8.93. The second kappa shape index (κ2) is 8.47. The lowest BCUT2D eigenvalue weighted by Gasteiger charge is -2.31. The summed E-state index contributed by atoms with van der Waals surface area (Å²) in [5, 5.41) is 9.84. The first kappa shape index (κ1) is 18.6. The quantitative estimate of drug-likeness (QED) is 0.848. The third-order valence-corrected chi connectivity index (χ3v) is 5.26. The van der Waals surface area contributed by atoms with Gasteiger partial charge in [0.25, 0.3) is 5.91 Å². The van der Waals surface area contributed by atoms with Crippen LogP contribution in [0.4, 0.5) is 5.69 Å². The van der Waals surface area contributed by atoms with Gasteiger partial charge in [-0.3, -0.25) is 14.5 Å². The van der Waals surface area contributed by atoms with Crippen molar-refractivity contribution in [3.8, 4) is 0 Å². The van der Waals surface area contributed by atoms with E-state index in [2.05, 4.69) is 21.6 Å². The van der Waals surface area contributed by atoms with Crippen molar-refractivity contribution in [2.24, 2.45) is 0 Å². The van der Waals surface area contributed by atoms with Crippen molar-refractivity contribution in [1.82, 2.24) is 10.2 Å². The monoisotopic (exact) mass is 371 g/mol. The summed E-state index contributed by atoms with van der Waals surface area (Å²) < 4.78 is 0. The Hall–Kier alpha value is -2.18. The fourth-order valence-corrected chi connectivity index (χ4v) is 3.98. The molecule has 2 heterocycles. The van der Waals surface area contributed by atoms with Gasteiger partial charge in [-0.15, -0.1) is 0 Å².